The van der Waals surface area contributed by atoms with Crippen molar-refractivity contribution < 1.29 is 13.2 Å². The van der Waals surface area contributed by atoms with Crippen LogP contribution in [-0.2, 0) is 6.18 Å². The summed E-state index contributed by atoms with van der Waals surface area (Å²) in [6, 6.07) is 7.40. The van der Waals surface area contributed by atoms with E-state index in [1.165, 1.54) is 6.07 Å². The van der Waals surface area contributed by atoms with Gasteiger partial charge in [0.05, 0.1) is 27.8 Å². The summed E-state index contributed by atoms with van der Waals surface area (Å²) in [4.78, 5) is 11.8. The fraction of sp³-hybridized carbons (Fsp3) is 0.222. The zero-order valence-electron chi connectivity index (χ0n) is 13.8. The molecule has 1 aliphatic carbocycles. The highest BCUT2D eigenvalue weighted by atomic mass is 35.5. The molecule has 0 aliphatic heterocycles. The van der Waals surface area contributed by atoms with Gasteiger partial charge in [0.2, 0.25) is 5.95 Å². The number of aromatic nitrogens is 4. The second-order valence-electron chi connectivity index (χ2n) is 6.60. The molecule has 0 unspecified atom stereocenters. The molecule has 0 spiro atoms. The number of nitrogens with one attached hydrogen (secondary N) is 2. The monoisotopic (exact) mass is 391 g/mol. The normalized spacial score (nSPS) is 15.0. The summed E-state index contributed by atoms with van der Waals surface area (Å²) in [7, 11) is 0. The average molecular weight is 392 g/mol. The SMILES string of the molecule is FC(F)(F)c1ccc2c(c1)nc(Nc1c[nH]c3ccc(Cl)nc13)n2C1CC1. The van der Waals surface area contributed by atoms with Crippen LogP contribution in [0.25, 0.3) is 22.1 Å². The molecular weight excluding hydrogens is 379 g/mol. The molecule has 2 N–H and O–H groups in total. The largest absolute Gasteiger partial charge is 0.416 e. The first-order valence-corrected chi connectivity index (χ1v) is 8.78. The molecule has 0 amide bonds. The lowest BCUT2D eigenvalue weighted by atomic mass is 10.2. The number of halogens is 4. The lowest BCUT2D eigenvalue weighted by Crippen LogP contribution is -2.04. The second kappa shape index (κ2) is 5.63. The highest BCUT2D eigenvalue weighted by Crippen LogP contribution is 2.42. The summed E-state index contributed by atoms with van der Waals surface area (Å²) in [5.74, 6) is 0.495. The van der Waals surface area contributed by atoms with E-state index < -0.39 is 11.7 Å². The van der Waals surface area contributed by atoms with Crippen LogP contribution in [0.3, 0.4) is 0 Å². The third kappa shape index (κ3) is 2.80. The fourth-order valence-corrected chi connectivity index (χ4v) is 3.40. The molecule has 0 atom stereocenters. The number of aromatic amines is 1. The van der Waals surface area contributed by atoms with Gasteiger partial charge in [-0.15, -0.1) is 0 Å². The Morgan fingerprint density at radius 2 is 1.96 bits per heavy atom. The van der Waals surface area contributed by atoms with E-state index in [1.807, 2.05) is 10.6 Å². The van der Waals surface area contributed by atoms with E-state index in [2.05, 4.69) is 20.3 Å². The second-order valence-corrected chi connectivity index (χ2v) is 6.98. The van der Waals surface area contributed by atoms with Gasteiger partial charge in [0, 0.05) is 12.2 Å². The Morgan fingerprint density at radius 3 is 2.70 bits per heavy atom. The smallest absolute Gasteiger partial charge is 0.358 e. The third-order valence-corrected chi connectivity index (χ3v) is 4.87. The van der Waals surface area contributed by atoms with Crippen LogP contribution in [0, 0.1) is 0 Å². The maximum absolute atomic E-state index is 13.0. The van der Waals surface area contributed by atoms with Gasteiger partial charge in [-0.2, -0.15) is 13.2 Å². The van der Waals surface area contributed by atoms with Crippen LogP contribution in [-0.4, -0.2) is 19.5 Å². The number of benzene rings is 1. The predicted octanol–water partition coefficient (Wildman–Crippen LogP) is 5.66. The molecular formula is C18H13ClF3N5. The minimum Gasteiger partial charge on any atom is -0.358 e. The van der Waals surface area contributed by atoms with Crippen LogP contribution in [0.4, 0.5) is 24.8 Å². The van der Waals surface area contributed by atoms with E-state index in [4.69, 9.17) is 11.6 Å². The molecule has 1 saturated carbocycles. The Morgan fingerprint density at radius 1 is 1.15 bits per heavy atom. The molecule has 5 nitrogen and oxygen atoms in total. The van der Waals surface area contributed by atoms with E-state index >= 15 is 0 Å². The first kappa shape index (κ1) is 16.4. The molecule has 138 valence electrons. The molecule has 0 radical (unpaired) electrons. The standard InChI is InChI=1S/C18H13ClF3N5/c19-15-6-4-11-16(26-15)13(8-23-11)25-17-24-12-7-9(18(20,21)22)1-5-14(12)27(17)10-2-3-10/h1,4-8,10,23H,2-3H2,(H,24,25). The van der Waals surface area contributed by atoms with E-state index in [0.29, 0.717) is 33.3 Å². The molecule has 27 heavy (non-hydrogen) atoms. The maximum atomic E-state index is 13.0. The van der Waals surface area contributed by atoms with Crippen LogP contribution in [0.15, 0.2) is 36.5 Å². The van der Waals surface area contributed by atoms with Gasteiger partial charge in [0.15, 0.2) is 0 Å². The Hall–Kier alpha value is -2.74. The summed E-state index contributed by atoms with van der Waals surface area (Å²) < 4.78 is 41.1. The van der Waals surface area contributed by atoms with E-state index in [0.717, 1.165) is 30.5 Å². The summed E-state index contributed by atoms with van der Waals surface area (Å²) in [6.07, 6.45) is -0.716. The Kier molecular flexibility index (Phi) is 3.42. The van der Waals surface area contributed by atoms with Crippen LogP contribution in [0.2, 0.25) is 5.15 Å². The number of rotatable bonds is 3. The molecule has 0 bridgehead atoms. The number of hydrogen-bond donors (Lipinski definition) is 2. The van der Waals surface area contributed by atoms with Gasteiger partial charge >= 0.3 is 6.18 Å². The summed E-state index contributed by atoms with van der Waals surface area (Å²) in [6.45, 7) is 0. The van der Waals surface area contributed by atoms with Gasteiger partial charge in [-0.1, -0.05) is 11.6 Å². The molecule has 1 aliphatic rings. The summed E-state index contributed by atoms with van der Waals surface area (Å²) in [5.41, 5.74) is 2.40. The van der Waals surface area contributed by atoms with Gasteiger partial charge in [-0.25, -0.2) is 9.97 Å². The van der Waals surface area contributed by atoms with Crippen molar-refractivity contribution in [3.05, 3.63) is 47.2 Å². The first-order chi connectivity index (χ1) is 12.9. The molecule has 1 aromatic carbocycles. The van der Waals surface area contributed by atoms with Crippen LogP contribution in [0.1, 0.15) is 24.4 Å². The highest BCUT2D eigenvalue weighted by Gasteiger charge is 2.33. The molecule has 9 heteroatoms. The van der Waals surface area contributed by atoms with Gasteiger partial charge in [0.1, 0.15) is 10.7 Å². The predicted molar refractivity (Wildman–Crippen MR) is 97.4 cm³/mol. The topological polar surface area (TPSA) is 58.5 Å². The van der Waals surface area contributed by atoms with Crippen molar-refractivity contribution in [3.8, 4) is 0 Å². The zero-order valence-corrected chi connectivity index (χ0v) is 14.6. The van der Waals surface area contributed by atoms with E-state index in [-0.39, 0.29) is 6.04 Å². The number of hydrogen-bond acceptors (Lipinski definition) is 3. The van der Waals surface area contributed by atoms with Gasteiger partial charge in [0.25, 0.3) is 0 Å². The molecule has 5 rings (SSSR count). The molecule has 3 aromatic heterocycles. The third-order valence-electron chi connectivity index (χ3n) is 4.66. The number of pyridine rings is 1. The molecule has 4 aromatic rings. The molecule has 0 saturated heterocycles. The average Bonchev–Trinajstić information content (AvgIpc) is 3.28. The first-order valence-electron chi connectivity index (χ1n) is 8.40. The van der Waals surface area contributed by atoms with Gasteiger partial charge < -0.3 is 14.9 Å². The van der Waals surface area contributed by atoms with Crippen LogP contribution >= 0.6 is 11.6 Å². The minimum absolute atomic E-state index is 0.232. The quantitative estimate of drug-likeness (QED) is 0.443. The van der Waals surface area contributed by atoms with E-state index in [9.17, 15) is 13.2 Å². The molecule has 1 fully saturated rings. The highest BCUT2D eigenvalue weighted by molar-refractivity contribution is 6.29. The number of H-pyrrole nitrogens is 1. The minimum atomic E-state index is -4.40. The summed E-state index contributed by atoms with van der Waals surface area (Å²) in [5, 5.41) is 3.57. The number of alkyl halides is 3. The summed E-state index contributed by atoms with van der Waals surface area (Å²) >= 11 is 5.99. The van der Waals surface area contributed by atoms with Crippen molar-refractivity contribution in [2.45, 2.75) is 25.1 Å². The van der Waals surface area contributed by atoms with Crippen LogP contribution < -0.4 is 5.32 Å². The number of anilines is 2. The Labute approximate surface area is 156 Å². The Balaban J connectivity index is 1.63. The van der Waals surface area contributed by atoms with Crippen molar-refractivity contribution in [3.63, 3.8) is 0 Å². The Bertz CT molecular complexity index is 1170. The lowest BCUT2D eigenvalue weighted by molar-refractivity contribution is -0.137. The number of fused-ring (bicyclic) bond motifs is 2. The van der Waals surface area contributed by atoms with E-state index in [1.54, 1.807) is 12.3 Å². The number of imidazole rings is 1. The zero-order chi connectivity index (χ0) is 18.8. The van der Waals surface area contributed by atoms with Gasteiger partial charge in [-0.05, 0) is 43.2 Å². The van der Waals surface area contributed by atoms with Crippen molar-refractivity contribution in [2.24, 2.45) is 0 Å². The van der Waals surface area contributed by atoms with Crippen molar-refractivity contribution >= 4 is 45.3 Å². The van der Waals surface area contributed by atoms with Crippen molar-refractivity contribution in [1.29, 1.82) is 0 Å². The maximum Gasteiger partial charge on any atom is 0.416 e. The molecule has 3 heterocycles. The fourth-order valence-electron chi connectivity index (χ4n) is 3.26. The van der Waals surface area contributed by atoms with Crippen LogP contribution in [0.5, 0.6) is 0 Å². The lowest BCUT2D eigenvalue weighted by Gasteiger charge is -2.09. The van der Waals surface area contributed by atoms with Crippen molar-refractivity contribution in [2.75, 3.05) is 5.32 Å². The van der Waals surface area contributed by atoms with Crippen molar-refractivity contribution in [1.82, 2.24) is 19.5 Å². The van der Waals surface area contributed by atoms with Gasteiger partial charge in [-0.3, -0.25) is 0 Å². The number of nitrogens with zero attached hydrogens (tertiary/aromatic N) is 3.